The van der Waals surface area contributed by atoms with E-state index in [1.807, 2.05) is 103 Å². The normalized spacial score (nSPS) is 11.7. The predicted molar refractivity (Wildman–Crippen MR) is 163 cm³/mol. The van der Waals surface area contributed by atoms with E-state index in [-0.39, 0.29) is 11.8 Å². The highest BCUT2D eigenvalue weighted by Crippen LogP contribution is 2.29. The molecule has 0 aliphatic rings. The molecule has 2 amide bonds. The molecule has 0 aliphatic carbocycles. The summed E-state index contributed by atoms with van der Waals surface area (Å²) in [5.41, 5.74) is 4.42. The second-order valence-electron chi connectivity index (χ2n) is 9.50. The van der Waals surface area contributed by atoms with Crippen LogP contribution < -0.4 is 15.4 Å². The molecule has 6 aromatic rings. The number of hydrogen-bond donors (Lipinski definition) is 2. The first-order valence-corrected chi connectivity index (χ1v) is 13.9. The maximum absolute atomic E-state index is 13.9. The number of methoxy groups -OCH3 is 1. The zero-order valence-corrected chi connectivity index (χ0v) is 23.0. The zero-order chi connectivity index (χ0) is 28.2. The molecule has 41 heavy (non-hydrogen) atoms. The second-order valence-corrected chi connectivity index (χ2v) is 10.5. The van der Waals surface area contributed by atoms with Gasteiger partial charge in [-0.25, -0.2) is 9.97 Å². The molecule has 1 atom stereocenters. The Morgan fingerprint density at radius 3 is 2.34 bits per heavy atom. The first-order chi connectivity index (χ1) is 20.1. The fraction of sp³-hybridized carbons (Fsp3) is 0.0909. The lowest BCUT2D eigenvalue weighted by atomic mass is 10.0. The van der Waals surface area contributed by atoms with Gasteiger partial charge in [-0.15, -0.1) is 0 Å². The van der Waals surface area contributed by atoms with E-state index in [1.165, 1.54) is 11.3 Å². The van der Waals surface area contributed by atoms with Crippen LogP contribution in [0.5, 0.6) is 5.75 Å². The van der Waals surface area contributed by atoms with Crippen molar-refractivity contribution in [1.82, 2.24) is 15.3 Å². The summed E-state index contributed by atoms with van der Waals surface area (Å²) in [6.45, 7) is 0. The number of nitrogens with one attached hydrogen (secondary N) is 2. The van der Waals surface area contributed by atoms with Gasteiger partial charge in [0.05, 0.1) is 34.1 Å². The number of carbonyl (C=O) groups excluding carboxylic acids is 2. The number of fused-ring (bicyclic) bond motifs is 2. The van der Waals surface area contributed by atoms with E-state index >= 15 is 0 Å². The van der Waals surface area contributed by atoms with Gasteiger partial charge in [0, 0.05) is 17.4 Å². The molecule has 4 aromatic carbocycles. The number of nitrogens with zero attached hydrogens (tertiary/aromatic N) is 2. The summed E-state index contributed by atoms with van der Waals surface area (Å²) in [7, 11) is 1.61. The Hall–Kier alpha value is -5.08. The van der Waals surface area contributed by atoms with Crippen molar-refractivity contribution in [3.05, 3.63) is 120 Å². The topological polar surface area (TPSA) is 93.2 Å². The average Bonchev–Trinajstić information content (AvgIpc) is 3.42. The Morgan fingerprint density at radius 2 is 1.56 bits per heavy atom. The van der Waals surface area contributed by atoms with Crippen LogP contribution in [0.2, 0.25) is 0 Å². The van der Waals surface area contributed by atoms with E-state index in [2.05, 4.69) is 15.6 Å². The number of rotatable bonds is 8. The van der Waals surface area contributed by atoms with Gasteiger partial charge in [0.1, 0.15) is 11.8 Å². The lowest BCUT2D eigenvalue weighted by Crippen LogP contribution is -2.45. The van der Waals surface area contributed by atoms with Gasteiger partial charge in [0.15, 0.2) is 5.13 Å². The molecule has 0 aliphatic heterocycles. The highest BCUT2D eigenvalue weighted by atomic mass is 32.1. The minimum Gasteiger partial charge on any atom is -0.497 e. The van der Waals surface area contributed by atoms with Crippen LogP contribution in [0.3, 0.4) is 0 Å². The van der Waals surface area contributed by atoms with Crippen molar-refractivity contribution >= 4 is 49.4 Å². The number of aromatic nitrogens is 2. The van der Waals surface area contributed by atoms with Crippen LogP contribution in [0.15, 0.2) is 109 Å². The molecule has 0 fully saturated rings. The van der Waals surface area contributed by atoms with E-state index in [0.717, 1.165) is 21.3 Å². The van der Waals surface area contributed by atoms with E-state index in [4.69, 9.17) is 9.72 Å². The van der Waals surface area contributed by atoms with E-state index in [1.54, 1.807) is 13.2 Å². The van der Waals surface area contributed by atoms with Crippen molar-refractivity contribution in [2.24, 2.45) is 0 Å². The minimum atomic E-state index is -0.849. The van der Waals surface area contributed by atoms with Crippen LogP contribution in [-0.2, 0) is 11.2 Å². The number of ether oxygens (including phenoxy) is 1. The maximum Gasteiger partial charge on any atom is 0.252 e. The van der Waals surface area contributed by atoms with Crippen LogP contribution in [0.4, 0.5) is 5.13 Å². The number of amides is 2. The number of anilines is 1. The molecule has 202 valence electrons. The van der Waals surface area contributed by atoms with E-state index in [9.17, 15) is 9.59 Å². The highest BCUT2D eigenvalue weighted by Gasteiger charge is 2.25. The SMILES string of the molecule is COc1ccc2nc(NC(=O)C(Cc3ccccc3)NC(=O)c3cc(-c4ccccc4)nc4ccccc34)sc2c1. The Labute approximate surface area is 240 Å². The molecule has 6 rings (SSSR count). The van der Waals surface area contributed by atoms with Gasteiger partial charge in [-0.3, -0.25) is 9.59 Å². The summed E-state index contributed by atoms with van der Waals surface area (Å²) >= 11 is 1.35. The van der Waals surface area contributed by atoms with Crippen LogP contribution >= 0.6 is 11.3 Å². The average molecular weight is 559 g/mol. The number of carbonyl (C=O) groups is 2. The Morgan fingerprint density at radius 1 is 0.829 bits per heavy atom. The van der Waals surface area contributed by atoms with Gasteiger partial charge in [0.2, 0.25) is 5.91 Å². The Kier molecular flexibility index (Phi) is 7.38. The molecule has 2 aromatic heterocycles. The third kappa shape index (κ3) is 5.78. The van der Waals surface area contributed by atoms with Crippen LogP contribution in [-0.4, -0.2) is 34.9 Å². The fourth-order valence-electron chi connectivity index (χ4n) is 4.69. The number of benzene rings is 4. The van der Waals surface area contributed by atoms with Crippen molar-refractivity contribution < 1.29 is 14.3 Å². The van der Waals surface area contributed by atoms with Crippen LogP contribution in [0.1, 0.15) is 15.9 Å². The molecule has 1 unspecified atom stereocenters. The Balaban J connectivity index is 1.32. The standard InChI is InChI=1S/C33H26N4O3S/c1-40-23-16-17-27-30(19-23)41-33(36-27)37-32(39)29(18-21-10-4-2-5-11-21)35-31(38)25-20-28(22-12-6-3-7-13-22)34-26-15-9-8-14-24(25)26/h2-17,19-20,29H,18H2,1H3,(H,35,38)(H,36,37,39). The first-order valence-electron chi connectivity index (χ1n) is 13.1. The molecule has 8 heteroatoms. The van der Waals surface area contributed by atoms with Gasteiger partial charge in [-0.05, 0) is 35.9 Å². The van der Waals surface area contributed by atoms with Gasteiger partial charge < -0.3 is 15.4 Å². The van der Waals surface area contributed by atoms with E-state index in [0.29, 0.717) is 39.5 Å². The smallest absolute Gasteiger partial charge is 0.252 e. The lowest BCUT2D eigenvalue weighted by Gasteiger charge is -2.19. The second kappa shape index (κ2) is 11.6. The summed E-state index contributed by atoms with van der Waals surface area (Å²) in [5.74, 6) is 0.00783. The number of pyridine rings is 1. The number of para-hydroxylation sites is 1. The maximum atomic E-state index is 13.9. The number of hydrogen-bond acceptors (Lipinski definition) is 6. The van der Waals surface area contributed by atoms with Crippen LogP contribution in [0.25, 0.3) is 32.4 Å². The monoisotopic (exact) mass is 558 g/mol. The number of thiazole rings is 1. The summed E-state index contributed by atoms with van der Waals surface area (Å²) in [5, 5.41) is 7.09. The molecular weight excluding hydrogens is 532 g/mol. The molecule has 0 bridgehead atoms. The van der Waals surface area contributed by atoms with Gasteiger partial charge in [-0.2, -0.15) is 0 Å². The molecule has 0 spiro atoms. The molecule has 2 N–H and O–H groups in total. The van der Waals surface area contributed by atoms with Crippen molar-refractivity contribution in [2.45, 2.75) is 12.5 Å². The largest absolute Gasteiger partial charge is 0.497 e. The molecule has 0 radical (unpaired) electrons. The quantitative estimate of drug-likeness (QED) is 0.222. The predicted octanol–water partition coefficient (Wildman–Crippen LogP) is 6.50. The molecule has 7 nitrogen and oxygen atoms in total. The fourth-order valence-corrected chi connectivity index (χ4v) is 5.59. The Bertz CT molecular complexity index is 1860. The van der Waals surface area contributed by atoms with Gasteiger partial charge in [-0.1, -0.05) is 90.2 Å². The first kappa shape index (κ1) is 26.2. The van der Waals surface area contributed by atoms with Crippen molar-refractivity contribution in [1.29, 1.82) is 0 Å². The lowest BCUT2D eigenvalue weighted by molar-refractivity contribution is -0.118. The molecule has 0 saturated carbocycles. The highest BCUT2D eigenvalue weighted by molar-refractivity contribution is 7.22. The molecule has 0 saturated heterocycles. The van der Waals surface area contributed by atoms with Crippen molar-refractivity contribution in [3.63, 3.8) is 0 Å². The summed E-state index contributed by atoms with van der Waals surface area (Å²) in [6.07, 6.45) is 0.311. The van der Waals surface area contributed by atoms with E-state index < -0.39 is 6.04 Å². The third-order valence-corrected chi connectivity index (χ3v) is 7.69. The molecule has 2 heterocycles. The third-order valence-electron chi connectivity index (χ3n) is 6.76. The van der Waals surface area contributed by atoms with Crippen molar-refractivity contribution in [2.75, 3.05) is 12.4 Å². The molecular formula is C33H26N4O3S. The summed E-state index contributed by atoms with van der Waals surface area (Å²) in [4.78, 5) is 36.8. The summed E-state index contributed by atoms with van der Waals surface area (Å²) < 4.78 is 6.20. The zero-order valence-electron chi connectivity index (χ0n) is 22.2. The van der Waals surface area contributed by atoms with Crippen LogP contribution in [0, 0.1) is 0 Å². The van der Waals surface area contributed by atoms with Crippen molar-refractivity contribution in [3.8, 4) is 17.0 Å². The minimum absolute atomic E-state index is 0.311. The van der Waals surface area contributed by atoms with Gasteiger partial charge >= 0.3 is 0 Å². The summed E-state index contributed by atoms with van der Waals surface area (Å²) in [6, 6.07) is 33.3. The van der Waals surface area contributed by atoms with Gasteiger partial charge in [0.25, 0.3) is 5.91 Å².